The molecule has 2 N–H and O–H groups in total. The normalized spacial score (nSPS) is 16.3. The molecule has 7 nitrogen and oxygen atoms in total. The van der Waals surface area contributed by atoms with Gasteiger partial charge in [-0.25, -0.2) is 17.9 Å². The van der Waals surface area contributed by atoms with Gasteiger partial charge in [0.1, 0.15) is 11.1 Å². The minimum atomic E-state index is -3.97. The number of carbonyl (C=O) groups is 2. The van der Waals surface area contributed by atoms with Crippen LogP contribution in [0.3, 0.4) is 0 Å². The zero-order valence-corrected chi connectivity index (χ0v) is 14.1. The topological polar surface area (TPSA) is 102 Å². The Hall–Kier alpha value is -2.09. The molecule has 8 heteroatoms. The Labute approximate surface area is 135 Å². The molecule has 1 fully saturated rings. The monoisotopic (exact) mass is 340 g/mol. The van der Waals surface area contributed by atoms with Gasteiger partial charge in [-0.15, -0.1) is 0 Å². The van der Waals surface area contributed by atoms with E-state index in [0.717, 1.165) is 0 Å². The van der Waals surface area contributed by atoms with Crippen molar-refractivity contribution in [2.24, 2.45) is 0 Å². The number of ether oxygens (including phenoxy) is 1. The Morgan fingerprint density at radius 3 is 2.17 bits per heavy atom. The fourth-order valence-electron chi connectivity index (χ4n) is 1.91. The highest BCUT2D eigenvalue weighted by Crippen LogP contribution is 2.36. The van der Waals surface area contributed by atoms with Crippen LogP contribution < -0.4 is 10.0 Å². The van der Waals surface area contributed by atoms with E-state index in [0.29, 0.717) is 12.8 Å². The van der Waals surface area contributed by atoms with Crippen molar-refractivity contribution in [1.82, 2.24) is 10.0 Å². The van der Waals surface area contributed by atoms with Gasteiger partial charge in [-0.3, -0.25) is 4.79 Å². The molecule has 0 atom stereocenters. The summed E-state index contributed by atoms with van der Waals surface area (Å²) >= 11 is 0. The van der Waals surface area contributed by atoms with Gasteiger partial charge in [0.2, 0.25) is 0 Å². The summed E-state index contributed by atoms with van der Waals surface area (Å²) in [6.07, 6.45) is -0.0210. The maximum atomic E-state index is 12.3. The van der Waals surface area contributed by atoms with Gasteiger partial charge in [0, 0.05) is 0 Å². The molecule has 0 aliphatic heterocycles. The lowest BCUT2D eigenvalue weighted by Crippen LogP contribution is -2.51. The molecule has 1 aromatic rings. The number of nitrogens with one attached hydrogen (secondary N) is 2. The summed E-state index contributed by atoms with van der Waals surface area (Å²) in [7, 11) is -3.97. The van der Waals surface area contributed by atoms with Gasteiger partial charge in [0.05, 0.1) is 4.90 Å². The Morgan fingerprint density at radius 1 is 1.13 bits per heavy atom. The minimum absolute atomic E-state index is 0.0126. The van der Waals surface area contributed by atoms with Crippen LogP contribution in [0.15, 0.2) is 35.2 Å². The number of alkyl carbamates (subject to hydrolysis) is 1. The fourth-order valence-corrected chi connectivity index (χ4v) is 2.98. The number of amides is 2. The summed E-state index contributed by atoms with van der Waals surface area (Å²) in [6.45, 7) is 5.10. The molecule has 2 rings (SSSR count). The first-order chi connectivity index (χ1) is 10.5. The Morgan fingerprint density at radius 2 is 1.70 bits per heavy atom. The summed E-state index contributed by atoms with van der Waals surface area (Å²) < 4.78 is 31.4. The van der Waals surface area contributed by atoms with Crippen LogP contribution in [0.25, 0.3) is 0 Å². The fraction of sp³-hybridized carbons (Fsp3) is 0.467. The molecule has 1 aliphatic rings. The molecule has 0 radical (unpaired) electrons. The zero-order chi connectivity index (χ0) is 17.3. The van der Waals surface area contributed by atoms with E-state index in [1.807, 2.05) is 4.72 Å². The molecule has 0 bridgehead atoms. The van der Waals surface area contributed by atoms with Crippen LogP contribution in [-0.4, -0.2) is 31.6 Å². The number of sulfonamides is 1. The standard InChI is InChI=1S/C15H20N2O5S/c1-14(2,3)22-13(19)16-15(9-10-15)12(18)17-23(20,21)11-7-5-4-6-8-11/h4-8H,9-10H2,1-3H3,(H,16,19)(H,17,18). The van der Waals surface area contributed by atoms with Gasteiger partial charge >= 0.3 is 6.09 Å². The Balaban J connectivity index is 2.04. The second kappa shape index (κ2) is 5.84. The average Bonchev–Trinajstić information content (AvgIpc) is 3.18. The van der Waals surface area contributed by atoms with E-state index < -0.39 is 33.2 Å². The van der Waals surface area contributed by atoms with Gasteiger partial charge in [0.15, 0.2) is 0 Å². The van der Waals surface area contributed by atoms with Gasteiger partial charge in [-0.05, 0) is 45.7 Å². The van der Waals surface area contributed by atoms with Crippen LogP contribution in [0, 0.1) is 0 Å². The third-order valence-corrected chi connectivity index (χ3v) is 4.55. The van der Waals surface area contributed by atoms with Crippen molar-refractivity contribution in [3.05, 3.63) is 30.3 Å². The molecule has 23 heavy (non-hydrogen) atoms. The van der Waals surface area contributed by atoms with Crippen molar-refractivity contribution in [3.8, 4) is 0 Å². The second-order valence-electron chi connectivity index (χ2n) is 6.46. The van der Waals surface area contributed by atoms with Crippen molar-refractivity contribution in [2.75, 3.05) is 0 Å². The molecule has 0 unspecified atom stereocenters. The van der Waals surface area contributed by atoms with Crippen molar-refractivity contribution in [1.29, 1.82) is 0 Å². The molecule has 0 aromatic heterocycles. The molecule has 1 saturated carbocycles. The quantitative estimate of drug-likeness (QED) is 0.866. The number of hydrogen-bond donors (Lipinski definition) is 2. The minimum Gasteiger partial charge on any atom is -0.444 e. The van der Waals surface area contributed by atoms with Crippen molar-refractivity contribution in [3.63, 3.8) is 0 Å². The lowest BCUT2D eigenvalue weighted by molar-refractivity contribution is -0.122. The van der Waals surface area contributed by atoms with E-state index in [-0.39, 0.29) is 4.90 Å². The van der Waals surface area contributed by atoms with Crippen LogP contribution >= 0.6 is 0 Å². The maximum absolute atomic E-state index is 12.3. The van der Waals surface area contributed by atoms with Crippen LogP contribution in [0.2, 0.25) is 0 Å². The first-order valence-corrected chi connectivity index (χ1v) is 8.66. The van der Waals surface area contributed by atoms with Gasteiger partial charge in [-0.2, -0.15) is 0 Å². The van der Waals surface area contributed by atoms with E-state index in [9.17, 15) is 18.0 Å². The predicted molar refractivity (Wildman–Crippen MR) is 83.1 cm³/mol. The molecule has 2 amide bonds. The highest BCUT2D eigenvalue weighted by atomic mass is 32.2. The molecule has 1 aliphatic carbocycles. The summed E-state index contributed by atoms with van der Waals surface area (Å²) in [4.78, 5) is 24.0. The predicted octanol–water partition coefficient (Wildman–Crippen LogP) is 1.55. The maximum Gasteiger partial charge on any atom is 0.408 e. The van der Waals surface area contributed by atoms with E-state index >= 15 is 0 Å². The van der Waals surface area contributed by atoms with Crippen LogP contribution in [0.1, 0.15) is 33.6 Å². The smallest absolute Gasteiger partial charge is 0.408 e. The number of carbonyl (C=O) groups excluding carboxylic acids is 2. The van der Waals surface area contributed by atoms with Crippen LogP contribution in [-0.2, 0) is 19.6 Å². The van der Waals surface area contributed by atoms with E-state index in [1.54, 1.807) is 39.0 Å². The van der Waals surface area contributed by atoms with Crippen LogP contribution in [0.4, 0.5) is 4.79 Å². The highest BCUT2D eigenvalue weighted by molar-refractivity contribution is 7.90. The molecule has 1 aromatic carbocycles. The van der Waals surface area contributed by atoms with Gasteiger partial charge < -0.3 is 10.1 Å². The van der Waals surface area contributed by atoms with Crippen molar-refractivity contribution < 1.29 is 22.7 Å². The zero-order valence-electron chi connectivity index (χ0n) is 13.3. The SMILES string of the molecule is CC(C)(C)OC(=O)NC1(C(=O)NS(=O)(=O)c2ccccc2)CC1. The molecular weight excluding hydrogens is 320 g/mol. The number of hydrogen-bond acceptors (Lipinski definition) is 5. The first-order valence-electron chi connectivity index (χ1n) is 7.18. The van der Waals surface area contributed by atoms with Gasteiger partial charge in [0.25, 0.3) is 15.9 Å². The van der Waals surface area contributed by atoms with E-state index in [1.165, 1.54) is 12.1 Å². The Kier molecular flexibility index (Phi) is 4.39. The molecule has 126 valence electrons. The summed E-state index contributed by atoms with van der Waals surface area (Å²) in [5.41, 5.74) is -1.92. The first kappa shape index (κ1) is 17.3. The number of rotatable bonds is 4. The van der Waals surface area contributed by atoms with E-state index in [4.69, 9.17) is 4.74 Å². The molecule has 0 spiro atoms. The Bertz CT molecular complexity index is 703. The average molecular weight is 340 g/mol. The van der Waals surface area contributed by atoms with Crippen LogP contribution in [0.5, 0.6) is 0 Å². The molecule has 0 heterocycles. The molecule has 0 saturated heterocycles. The third-order valence-electron chi connectivity index (χ3n) is 3.21. The second-order valence-corrected chi connectivity index (χ2v) is 8.14. The summed E-state index contributed by atoms with van der Waals surface area (Å²) in [5, 5.41) is 2.46. The number of benzene rings is 1. The van der Waals surface area contributed by atoms with Crippen molar-refractivity contribution >= 4 is 22.0 Å². The summed E-state index contributed by atoms with van der Waals surface area (Å²) in [6, 6.07) is 7.57. The van der Waals surface area contributed by atoms with Gasteiger partial charge in [-0.1, -0.05) is 18.2 Å². The lowest BCUT2D eigenvalue weighted by atomic mass is 10.2. The van der Waals surface area contributed by atoms with Crippen molar-refractivity contribution in [2.45, 2.75) is 49.6 Å². The lowest BCUT2D eigenvalue weighted by Gasteiger charge is -2.23. The highest BCUT2D eigenvalue weighted by Gasteiger charge is 2.53. The largest absolute Gasteiger partial charge is 0.444 e. The van der Waals surface area contributed by atoms with E-state index in [2.05, 4.69) is 5.32 Å². The summed E-state index contributed by atoms with van der Waals surface area (Å²) in [5.74, 6) is -0.757. The third kappa shape index (κ3) is 4.44. The molecular formula is C15H20N2O5S.